The van der Waals surface area contributed by atoms with E-state index in [0.29, 0.717) is 11.3 Å². The van der Waals surface area contributed by atoms with Crippen LogP contribution in [0.1, 0.15) is 10.4 Å². The van der Waals surface area contributed by atoms with Gasteiger partial charge in [-0.25, -0.2) is 9.69 Å². The molecule has 0 N–H and O–H groups in total. The highest BCUT2D eigenvalue weighted by Gasteiger charge is 2.16. The Morgan fingerprint density at radius 1 is 1.24 bits per heavy atom. The quantitative estimate of drug-likeness (QED) is 0.626. The molecule has 0 atom stereocenters. The van der Waals surface area contributed by atoms with Crippen LogP contribution in [0.4, 0.5) is 5.69 Å². The molecular formula is C13H15N5O3. The van der Waals surface area contributed by atoms with E-state index in [1.54, 1.807) is 44.5 Å². The van der Waals surface area contributed by atoms with Gasteiger partial charge in [-0.2, -0.15) is 5.10 Å². The van der Waals surface area contributed by atoms with Crippen molar-refractivity contribution in [3.05, 3.63) is 52.3 Å². The topological polar surface area (TPSA) is 84.5 Å². The van der Waals surface area contributed by atoms with E-state index in [1.165, 1.54) is 28.0 Å². The molecule has 0 radical (unpaired) electrons. The van der Waals surface area contributed by atoms with Crippen molar-refractivity contribution < 1.29 is 9.72 Å². The molecule has 0 fully saturated rings. The summed E-state index contributed by atoms with van der Waals surface area (Å²) in [5, 5.41) is 17.8. The SMILES string of the molecule is CN(C)N(C)C(=O)c1cnn(-c2ccc([N+](=O)[O-])cc2)c1. The number of nitro benzene ring substituents is 1. The van der Waals surface area contributed by atoms with Gasteiger partial charge in [0, 0.05) is 39.5 Å². The number of non-ortho nitro benzene ring substituents is 1. The molecule has 21 heavy (non-hydrogen) atoms. The normalized spacial score (nSPS) is 10.7. The Balaban J connectivity index is 2.23. The van der Waals surface area contributed by atoms with Crippen LogP contribution in [0.15, 0.2) is 36.7 Å². The second kappa shape index (κ2) is 5.71. The van der Waals surface area contributed by atoms with Gasteiger partial charge in [-0.3, -0.25) is 19.9 Å². The van der Waals surface area contributed by atoms with Gasteiger partial charge in [-0.1, -0.05) is 0 Å². The highest BCUT2D eigenvalue weighted by Crippen LogP contribution is 2.15. The zero-order valence-corrected chi connectivity index (χ0v) is 11.9. The smallest absolute Gasteiger partial charge is 0.271 e. The van der Waals surface area contributed by atoms with Crippen LogP contribution in [0, 0.1) is 10.1 Å². The second-order valence-corrected chi connectivity index (χ2v) is 4.62. The Labute approximate surface area is 121 Å². The van der Waals surface area contributed by atoms with Crippen LogP contribution in [0.25, 0.3) is 5.69 Å². The maximum absolute atomic E-state index is 12.1. The molecule has 0 saturated carbocycles. The van der Waals surface area contributed by atoms with Gasteiger partial charge in [-0.05, 0) is 12.1 Å². The van der Waals surface area contributed by atoms with Crippen molar-refractivity contribution in [2.45, 2.75) is 0 Å². The number of aromatic nitrogens is 2. The first-order valence-corrected chi connectivity index (χ1v) is 6.15. The van der Waals surface area contributed by atoms with Crippen LogP contribution >= 0.6 is 0 Å². The molecule has 0 unspecified atom stereocenters. The van der Waals surface area contributed by atoms with Gasteiger partial charge in [0.15, 0.2) is 0 Å². The Morgan fingerprint density at radius 2 is 1.86 bits per heavy atom. The summed E-state index contributed by atoms with van der Waals surface area (Å²) in [4.78, 5) is 22.3. The molecule has 1 heterocycles. The standard InChI is InChI=1S/C13H15N5O3/c1-15(2)16(3)13(19)10-8-14-17(9-10)11-4-6-12(7-5-11)18(20)21/h4-9H,1-3H3. The molecule has 1 amide bonds. The zero-order valence-electron chi connectivity index (χ0n) is 11.9. The molecule has 2 rings (SSSR count). The van der Waals surface area contributed by atoms with E-state index < -0.39 is 4.92 Å². The van der Waals surface area contributed by atoms with E-state index in [9.17, 15) is 14.9 Å². The Morgan fingerprint density at radius 3 is 2.38 bits per heavy atom. The first-order chi connectivity index (χ1) is 9.90. The lowest BCUT2D eigenvalue weighted by atomic mass is 10.3. The number of rotatable bonds is 4. The van der Waals surface area contributed by atoms with Gasteiger partial charge in [0.05, 0.1) is 22.4 Å². The average molecular weight is 289 g/mol. The Kier molecular flexibility index (Phi) is 3.99. The molecule has 2 aromatic rings. The molecule has 0 bridgehead atoms. The predicted molar refractivity (Wildman–Crippen MR) is 76.0 cm³/mol. The number of hydrogen-bond donors (Lipinski definition) is 0. The van der Waals surface area contributed by atoms with Crippen LogP contribution in [-0.4, -0.2) is 51.8 Å². The maximum Gasteiger partial charge on any atom is 0.271 e. The fraction of sp³-hybridized carbons (Fsp3) is 0.231. The van der Waals surface area contributed by atoms with E-state index in [1.807, 2.05) is 0 Å². The van der Waals surface area contributed by atoms with Gasteiger partial charge < -0.3 is 0 Å². The lowest BCUT2D eigenvalue weighted by molar-refractivity contribution is -0.384. The Hall–Kier alpha value is -2.74. The van der Waals surface area contributed by atoms with E-state index in [0.717, 1.165) is 0 Å². The van der Waals surface area contributed by atoms with Crippen molar-refractivity contribution in [2.75, 3.05) is 21.1 Å². The van der Waals surface area contributed by atoms with E-state index in [4.69, 9.17) is 0 Å². The van der Waals surface area contributed by atoms with Crippen LogP contribution in [-0.2, 0) is 0 Å². The number of nitrogens with zero attached hydrogens (tertiary/aromatic N) is 5. The number of nitro groups is 1. The molecule has 8 nitrogen and oxygen atoms in total. The van der Waals surface area contributed by atoms with Crippen molar-refractivity contribution in [1.82, 2.24) is 19.8 Å². The monoisotopic (exact) mass is 289 g/mol. The minimum atomic E-state index is -0.464. The fourth-order valence-corrected chi connectivity index (χ4v) is 1.67. The molecule has 8 heteroatoms. The summed E-state index contributed by atoms with van der Waals surface area (Å²) in [5.74, 6) is -0.187. The van der Waals surface area contributed by atoms with Crippen LogP contribution < -0.4 is 0 Å². The summed E-state index contributed by atoms with van der Waals surface area (Å²) < 4.78 is 1.50. The molecule has 0 saturated heterocycles. The molecular weight excluding hydrogens is 274 g/mol. The molecule has 0 aliphatic rings. The highest BCUT2D eigenvalue weighted by molar-refractivity contribution is 5.93. The van der Waals surface area contributed by atoms with Crippen LogP contribution in [0.3, 0.4) is 0 Å². The molecule has 110 valence electrons. The van der Waals surface area contributed by atoms with Gasteiger partial charge >= 0.3 is 0 Å². The molecule has 0 aliphatic carbocycles. The lowest BCUT2D eigenvalue weighted by Crippen LogP contribution is -2.38. The third-order valence-corrected chi connectivity index (χ3v) is 3.05. The fourth-order valence-electron chi connectivity index (χ4n) is 1.67. The minimum Gasteiger partial charge on any atom is -0.275 e. The van der Waals surface area contributed by atoms with Crippen LogP contribution in [0.2, 0.25) is 0 Å². The first kappa shape index (κ1) is 14.7. The number of carbonyl (C=O) groups is 1. The summed E-state index contributed by atoms with van der Waals surface area (Å²) in [5.41, 5.74) is 1.09. The number of carbonyl (C=O) groups excluding carboxylic acids is 1. The summed E-state index contributed by atoms with van der Waals surface area (Å²) in [7, 11) is 5.18. The van der Waals surface area contributed by atoms with Crippen molar-refractivity contribution >= 4 is 11.6 Å². The number of amides is 1. The maximum atomic E-state index is 12.1. The third-order valence-electron chi connectivity index (χ3n) is 3.05. The summed E-state index contributed by atoms with van der Waals surface area (Å²) in [6.07, 6.45) is 3.05. The second-order valence-electron chi connectivity index (χ2n) is 4.62. The van der Waals surface area contributed by atoms with Crippen molar-refractivity contribution in [1.29, 1.82) is 0 Å². The van der Waals surface area contributed by atoms with Crippen LogP contribution in [0.5, 0.6) is 0 Å². The van der Waals surface area contributed by atoms with Gasteiger partial charge in [0.2, 0.25) is 0 Å². The van der Waals surface area contributed by atoms with Gasteiger partial charge in [0.25, 0.3) is 11.6 Å². The third kappa shape index (κ3) is 3.06. The highest BCUT2D eigenvalue weighted by atomic mass is 16.6. The van der Waals surface area contributed by atoms with Gasteiger partial charge in [0.1, 0.15) is 0 Å². The largest absolute Gasteiger partial charge is 0.275 e. The van der Waals surface area contributed by atoms with Crippen molar-refractivity contribution in [3.63, 3.8) is 0 Å². The van der Waals surface area contributed by atoms with Crippen molar-refractivity contribution in [2.24, 2.45) is 0 Å². The van der Waals surface area contributed by atoms with Gasteiger partial charge in [-0.15, -0.1) is 0 Å². The van der Waals surface area contributed by atoms with E-state index in [-0.39, 0.29) is 11.6 Å². The molecule has 0 aliphatic heterocycles. The minimum absolute atomic E-state index is 0.00884. The zero-order chi connectivity index (χ0) is 15.6. The summed E-state index contributed by atoms with van der Waals surface area (Å²) >= 11 is 0. The average Bonchev–Trinajstić information content (AvgIpc) is 2.95. The molecule has 0 spiro atoms. The van der Waals surface area contributed by atoms with E-state index >= 15 is 0 Å². The summed E-state index contributed by atoms with van der Waals surface area (Å²) in [6.45, 7) is 0. The predicted octanol–water partition coefficient (Wildman–Crippen LogP) is 1.33. The first-order valence-electron chi connectivity index (χ1n) is 6.15. The Bertz CT molecular complexity index is 663. The summed E-state index contributed by atoms with van der Waals surface area (Å²) in [6, 6.07) is 5.94. The number of hydrazine groups is 1. The number of benzene rings is 1. The molecule has 1 aromatic carbocycles. The number of hydrogen-bond acceptors (Lipinski definition) is 5. The lowest BCUT2D eigenvalue weighted by Gasteiger charge is -2.23. The molecule has 1 aromatic heterocycles. The van der Waals surface area contributed by atoms with E-state index in [2.05, 4.69) is 5.10 Å². The van der Waals surface area contributed by atoms with Crippen molar-refractivity contribution in [3.8, 4) is 5.69 Å².